The first-order valence-corrected chi connectivity index (χ1v) is 12.4. The highest BCUT2D eigenvalue weighted by atomic mass is 35.5. The second kappa shape index (κ2) is 10.1. The highest BCUT2D eigenvalue weighted by Gasteiger charge is 2.34. The van der Waals surface area contributed by atoms with Crippen molar-refractivity contribution < 1.29 is 27.0 Å². The zero-order valence-corrected chi connectivity index (χ0v) is 20.5. The van der Waals surface area contributed by atoms with Crippen molar-refractivity contribution in [2.45, 2.75) is 30.2 Å². The summed E-state index contributed by atoms with van der Waals surface area (Å²) in [4.78, 5) is 28.6. The molecule has 0 bridgehead atoms. The Balaban J connectivity index is 1.64. The fourth-order valence-corrected chi connectivity index (χ4v) is 5.28. The lowest BCUT2D eigenvalue weighted by molar-refractivity contribution is 0.141. The van der Waals surface area contributed by atoms with Crippen LogP contribution in [0, 0.1) is 17.2 Å². The number of H-pyrrole nitrogens is 1. The van der Waals surface area contributed by atoms with E-state index in [0.29, 0.717) is 17.5 Å². The maximum Gasteiger partial charge on any atom is 0.349 e. The Morgan fingerprint density at radius 3 is 2.49 bits per heavy atom. The molecule has 0 radical (unpaired) electrons. The maximum absolute atomic E-state index is 13.0. The van der Waals surface area contributed by atoms with Crippen LogP contribution in [-0.2, 0) is 10.0 Å². The molecule has 0 unspecified atom stereocenters. The van der Waals surface area contributed by atoms with Crippen LogP contribution in [0.25, 0.3) is 5.69 Å². The molecule has 1 aromatic carbocycles. The second-order valence-corrected chi connectivity index (χ2v) is 10.3. The van der Waals surface area contributed by atoms with Gasteiger partial charge in [0.25, 0.3) is 12.0 Å². The highest BCUT2D eigenvalue weighted by Crippen LogP contribution is 2.39. The number of hydrogen-bond acceptors (Lipinski definition) is 9. The fraction of sp³-hybridized carbons (Fsp3) is 0.250. The topological polar surface area (TPSA) is 180 Å². The summed E-state index contributed by atoms with van der Waals surface area (Å²) in [5.41, 5.74) is -3.87. The van der Waals surface area contributed by atoms with E-state index in [9.17, 15) is 31.9 Å². The zero-order chi connectivity index (χ0) is 27.1. The van der Waals surface area contributed by atoms with Gasteiger partial charge in [-0.25, -0.2) is 31.7 Å². The van der Waals surface area contributed by atoms with E-state index in [2.05, 4.69) is 14.8 Å². The molecule has 3 N–H and O–H groups in total. The summed E-state index contributed by atoms with van der Waals surface area (Å²) in [6, 6.07) is 4.63. The van der Waals surface area contributed by atoms with Gasteiger partial charge in [0.15, 0.2) is 17.2 Å². The molecule has 2 heterocycles. The minimum atomic E-state index is -4.21. The summed E-state index contributed by atoms with van der Waals surface area (Å²) in [5, 5.41) is 21.7. The number of ether oxygens (including phenoxy) is 1. The molecule has 12 nitrogen and oxygen atoms in total. The van der Waals surface area contributed by atoms with Gasteiger partial charge in [0.05, 0.1) is 28.0 Å². The summed E-state index contributed by atoms with van der Waals surface area (Å²) < 4.78 is 59.8. The van der Waals surface area contributed by atoms with Crippen molar-refractivity contribution >= 4 is 33.2 Å². The summed E-state index contributed by atoms with van der Waals surface area (Å²) in [7, 11) is -4.21. The van der Waals surface area contributed by atoms with Crippen molar-refractivity contribution in [1.29, 1.82) is 5.26 Å². The van der Waals surface area contributed by atoms with E-state index in [1.165, 1.54) is 0 Å². The van der Waals surface area contributed by atoms with Gasteiger partial charge in [0, 0.05) is 18.0 Å². The summed E-state index contributed by atoms with van der Waals surface area (Å²) >= 11 is 12.4. The molecule has 17 heteroatoms. The van der Waals surface area contributed by atoms with E-state index in [1.54, 1.807) is 4.98 Å². The van der Waals surface area contributed by atoms with Gasteiger partial charge in [-0.15, -0.1) is 0 Å². The Kier molecular flexibility index (Phi) is 7.20. The largest absolute Gasteiger partial charge is 0.505 e. The van der Waals surface area contributed by atoms with Crippen LogP contribution in [0.5, 0.6) is 17.4 Å². The molecule has 0 spiro atoms. The van der Waals surface area contributed by atoms with Gasteiger partial charge >= 0.3 is 5.69 Å². The summed E-state index contributed by atoms with van der Waals surface area (Å²) in [5.74, 6) is -1.50. The van der Waals surface area contributed by atoms with Gasteiger partial charge in [-0.1, -0.05) is 23.2 Å². The number of halogens is 4. The fourth-order valence-electron chi connectivity index (χ4n) is 3.39. The maximum atomic E-state index is 13.0. The predicted octanol–water partition coefficient (Wildman–Crippen LogP) is 2.64. The molecule has 194 valence electrons. The van der Waals surface area contributed by atoms with E-state index in [0.717, 1.165) is 24.4 Å². The van der Waals surface area contributed by atoms with Crippen molar-refractivity contribution in [3.8, 4) is 29.1 Å². The summed E-state index contributed by atoms with van der Waals surface area (Å²) in [6.07, 6.45) is -1.78. The first-order valence-electron chi connectivity index (χ1n) is 10.2. The number of alkyl halides is 2. The van der Waals surface area contributed by atoms with Crippen LogP contribution in [-0.4, -0.2) is 39.3 Å². The van der Waals surface area contributed by atoms with Gasteiger partial charge in [-0.3, -0.25) is 9.78 Å². The molecule has 0 saturated heterocycles. The lowest BCUT2D eigenvalue weighted by atomic mass is 9.82. The minimum Gasteiger partial charge on any atom is -0.505 e. The number of hydrogen-bond donors (Lipinski definition) is 3. The van der Waals surface area contributed by atoms with Gasteiger partial charge < -0.3 is 9.84 Å². The number of nitrogens with one attached hydrogen (secondary N) is 2. The molecule has 0 aliphatic heterocycles. The molecule has 37 heavy (non-hydrogen) atoms. The molecular formula is C20H14Cl2F2N6O6S. The van der Waals surface area contributed by atoms with E-state index < -0.39 is 50.1 Å². The van der Waals surface area contributed by atoms with E-state index in [4.69, 9.17) is 33.2 Å². The van der Waals surface area contributed by atoms with Crippen LogP contribution >= 0.6 is 23.2 Å². The number of rotatable bonds is 7. The number of aromatic hydroxyl groups is 1. The first kappa shape index (κ1) is 26.5. The number of benzene rings is 1. The lowest BCUT2D eigenvalue weighted by Gasteiger charge is -2.30. The monoisotopic (exact) mass is 574 g/mol. The van der Waals surface area contributed by atoms with Crippen molar-refractivity contribution in [2.75, 3.05) is 0 Å². The van der Waals surface area contributed by atoms with Crippen molar-refractivity contribution in [2.24, 2.45) is 5.92 Å². The molecule has 4 rings (SSSR count). The van der Waals surface area contributed by atoms with Crippen LogP contribution in [0.4, 0.5) is 8.78 Å². The molecule has 0 amide bonds. The molecule has 1 saturated carbocycles. The van der Waals surface area contributed by atoms with Gasteiger partial charge in [-0.2, -0.15) is 15.0 Å². The van der Waals surface area contributed by atoms with Crippen LogP contribution in [0.15, 0.2) is 38.9 Å². The van der Waals surface area contributed by atoms with Crippen molar-refractivity contribution in [3.63, 3.8) is 0 Å². The van der Waals surface area contributed by atoms with Crippen LogP contribution in [0.1, 0.15) is 25.0 Å². The second-order valence-electron chi connectivity index (χ2n) is 7.80. The standard InChI is InChI=1S/C20H14Cl2F2N6O6S/c21-11-3-10(30-20(33)27-19(32)16(28-30)18(23)24)4-12(22)17(11)36-15-5-14(13(31)7-26-15)37(34,35)29-9-1-8(2-9)6-25/h3-5,7-9,18,29,31H,1-2H2,(H,27,32,33)/t8-,9+. The first-order chi connectivity index (χ1) is 17.4. The van der Waals surface area contributed by atoms with Gasteiger partial charge in [-0.05, 0) is 25.0 Å². The number of aromatic amines is 1. The molecule has 1 aliphatic rings. The van der Waals surface area contributed by atoms with Crippen molar-refractivity contribution in [3.05, 3.63) is 61.0 Å². The Hall–Kier alpha value is -3.58. The van der Waals surface area contributed by atoms with Crippen molar-refractivity contribution in [1.82, 2.24) is 24.5 Å². The molecule has 0 atom stereocenters. The third-order valence-electron chi connectivity index (χ3n) is 5.25. The third-order valence-corrected chi connectivity index (χ3v) is 7.36. The summed E-state index contributed by atoms with van der Waals surface area (Å²) in [6.45, 7) is 0. The number of sulfonamides is 1. The number of pyridine rings is 1. The zero-order valence-electron chi connectivity index (χ0n) is 18.2. The van der Waals surface area contributed by atoms with Crippen LogP contribution < -0.4 is 20.7 Å². The third kappa shape index (κ3) is 5.42. The minimum absolute atomic E-state index is 0.187. The smallest absolute Gasteiger partial charge is 0.349 e. The average Bonchev–Trinajstić information content (AvgIpc) is 2.79. The number of nitriles is 1. The predicted molar refractivity (Wildman–Crippen MR) is 124 cm³/mol. The van der Waals surface area contributed by atoms with E-state index in [-0.39, 0.29) is 33.3 Å². The molecule has 1 aliphatic carbocycles. The quantitative estimate of drug-likeness (QED) is 0.382. The Bertz CT molecular complexity index is 1630. The van der Waals surface area contributed by atoms with Gasteiger partial charge in [0.1, 0.15) is 4.90 Å². The van der Waals surface area contributed by atoms with Crippen LogP contribution in [0.2, 0.25) is 10.0 Å². The van der Waals surface area contributed by atoms with E-state index >= 15 is 0 Å². The molecule has 2 aromatic heterocycles. The Labute approximate surface area is 216 Å². The average molecular weight is 575 g/mol. The number of aromatic nitrogens is 4. The Morgan fingerprint density at radius 2 is 1.89 bits per heavy atom. The highest BCUT2D eigenvalue weighted by molar-refractivity contribution is 7.89. The Morgan fingerprint density at radius 1 is 1.24 bits per heavy atom. The van der Waals surface area contributed by atoms with E-state index in [1.807, 2.05) is 6.07 Å². The van der Waals surface area contributed by atoms with Crippen LogP contribution in [0.3, 0.4) is 0 Å². The lowest BCUT2D eigenvalue weighted by Crippen LogP contribution is -2.43. The van der Waals surface area contributed by atoms with Gasteiger partial charge in [0.2, 0.25) is 15.9 Å². The molecular weight excluding hydrogens is 561 g/mol. The number of nitrogens with zero attached hydrogens (tertiary/aromatic N) is 4. The normalized spacial score (nSPS) is 17.3. The molecule has 1 fully saturated rings. The molecule has 3 aromatic rings. The SMILES string of the molecule is N#C[C@H]1C[C@@H](NS(=O)(=O)c2cc(Oc3c(Cl)cc(-n4nc(C(F)F)c(=O)[nH]c4=O)cc3Cl)ncc2O)C1.